The van der Waals surface area contributed by atoms with Crippen molar-refractivity contribution in [3.05, 3.63) is 41.4 Å². The lowest BCUT2D eigenvalue weighted by Crippen LogP contribution is -1.89. The van der Waals surface area contributed by atoms with Gasteiger partial charge in [-0.3, -0.25) is 0 Å². The van der Waals surface area contributed by atoms with E-state index in [-0.39, 0.29) is 0 Å². The molecule has 0 amide bonds. The number of imidazole rings is 1. The van der Waals surface area contributed by atoms with Gasteiger partial charge in [-0.25, -0.2) is 15.0 Å². The van der Waals surface area contributed by atoms with Gasteiger partial charge >= 0.3 is 0 Å². The van der Waals surface area contributed by atoms with Crippen molar-refractivity contribution in [2.45, 2.75) is 10.8 Å². The summed E-state index contributed by atoms with van der Waals surface area (Å²) < 4.78 is 1.97. The van der Waals surface area contributed by atoms with Gasteiger partial charge in [0.25, 0.3) is 0 Å². The molecule has 3 heterocycles. The molecule has 16 heavy (non-hydrogen) atoms. The molecular formula is C10H8N4S2. The van der Waals surface area contributed by atoms with Crippen molar-refractivity contribution < 1.29 is 0 Å². The Balaban J connectivity index is 1.86. The van der Waals surface area contributed by atoms with Crippen LogP contribution in [0.2, 0.25) is 0 Å². The van der Waals surface area contributed by atoms with Crippen molar-refractivity contribution in [3.8, 4) is 0 Å². The third-order valence-corrected chi connectivity index (χ3v) is 4.04. The molecule has 0 aromatic carbocycles. The van der Waals surface area contributed by atoms with Crippen LogP contribution in [0.5, 0.6) is 0 Å². The molecule has 3 aromatic rings. The number of rotatable bonds is 3. The molecule has 3 rings (SSSR count). The molecule has 0 aliphatic carbocycles. The van der Waals surface area contributed by atoms with Gasteiger partial charge in [-0.15, -0.1) is 11.3 Å². The van der Waals surface area contributed by atoms with Crippen molar-refractivity contribution in [2.24, 2.45) is 0 Å². The highest BCUT2D eigenvalue weighted by Gasteiger charge is 2.05. The van der Waals surface area contributed by atoms with Gasteiger partial charge in [0.15, 0.2) is 5.65 Å². The lowest BCUT2D eigenvalue weighted by Gasteiger charge is -2.00. The maximum absolute atomic E-state index is 4.34. The van der Waals surface area contributed by atoms with Gasteiger partial charge in [-0.05, 0) is 0 Å². The molecule has 0 N–H and O–H groups in total. The summed E-state index contributed by atoms with van der Waals surface area (Å²) in [5.74, 6) is 0.844. The summed E-state index contributed by atoms with van der Waals surface area (Å²) in [5, 5.41) is 4.04. The predicted octanol–water partition coefficient (Wildman–Crippen LogP) is 2.48. The third-order valence-electron chi connectivity index (χ3n) is 2.09. The molecule has 0 unspecified atom stereocenters. The van der Waals surface area contributed by atoms with Crippen molar-refractivity contribution in [1.29, 1.82) is 0 Å². The molecule has 0 aliphatic rings. The summed E-state index contributed by atoms with van der Waals surface area (Å²) in [7, 11) is 0. The molecular weight excluding hydrogens is 240 g/mol. The highest BCUT2D eigenvalue weighted by Crippen LogP contribution is 2.24. The third kappa shape index (κ3) is 1.81. The molecule has 0 bridgehead atoms. The summed E-state index contributed by atoms with van der Waals surface area (Å²) in [6.07, 6.45) is 9.22. The maximum Gasteiger partial charge on any atom is 0.169 e. The van der Waals surface area contributed by atoms with Gasteiger partial charge in [-0.1, -0.05) is 11.8 Å². The van der Waals surface area contributed by atoms with E-state index < -0.39 is 0 Å². The lowest BCUT2D eigenvalue weighted by atomic mass is 10.7. The van der Waals surface area contributed by atoms with Gasteiger partial charge in [0.1, 0.15) is 10.0 Å². The molecule has 0 fully saturated rings. The number of fused-ring (bicyclic) bond motifs is 1. The standard InChI is InChI=1S/C10H8N4S2/c1-4-14-5-2-13-10(9(14)12-1)16-7-8-11-3-6-15-8/h1-6H,7H2. The summed E-state index contributed by atoms with van der Waals surface area (Å²) in [6, 6.07) is 0. The van der Waals surface area contributed by atoms with E-state index in [0.29, 0.717) is 0 Å². The SMILES string of the molecule is c1csc(CSc2nccn3ccnc23)n1. The molecule has 0 spiro atoms. The van der Waals surface area contributed by atoms with Crippen molar-refractivity contribution >= 4 is 28.7 Å². The quantitative estimate of drug-likeness (QED) is 0.668. The smallest absolute Gasteiger partial charge is 0.169 e. The van der Waals surface area contributed by atoms with E-state index in [2.05, 4.69) is 15.0 Å². The molecule has 80 valence electrons. The maximum atomic E-state index is 4.34. The number of hydrogen-bond acceptors (Lipinski definition) is 5. The highest BCUT2D eigenvalue weighted by molar-refractivity contribution is 7.98. The van der Waals surface area contributed by atoms with Gasteiger partial charge < -0.3 is 4.40 Å². The topological polar surface area (TPSA) is 43.1 Å². The van der Waals surface area contributed by atoms with Crippen molar-refractivity contribution in [1.82, 2.24) is 19.4 Å². The van der Waals surface area contributed by atoms with E-state index in [0.717, 1.165) is 21.4 Å². The Bertz CT molecular complexity index is 588. The molecule has 6 heteroatoms. The zero-order valence-corrected chi connectivity index (χ0v) is 9.91. The van der Waals surface area contributed by atoms with Crippen LogP contribution >= 0.6 is 23.1 Å². The summed E-state index contributed by atoms with van der Waals surface area (Å²) in [6.45, 7) is 0. The molecule has 0 saturated heterocycles. The Morgan fingerprint density at radius 1 is 1.12 bits per heavy atom. The zero-order chi connectivity index (χ0) is 10.8. The highest BCUT2D eigenvalue weighted by atomic mass is 32.2. The first-order chi connectivity index (χ1) is 7.93. The fourth-order valence-electron chi connectivity index (χ4n) is 1.39. The monoisotopic (exact) mass is 248 g/mol. The van der Waals surface area contributed by atoms with Crippen molar-refractivity contribution in [2.75, 3.05) is 0 Å². The van der Waals surface area contributed by atoms with Gasteiger partial charge in [-0.2, -0.15) is 0 Å². The Morgan fingerprint density at radius 3 is 2.81 bits per heavy atom. The van der Waals surface area contributed by atoms with Crippen LogP contribution in [0.4, 0.5) is 0 Å². The first kappa shape index (κ1) is 9.80. The van der Waals surface area contributed by atoms with E-state index >= 15 is 0 Å². The van der Waals surface area contributed by atoms with E-state index in [9.17, 15) is 0 Å². The van der Waals surface area contributed by atoms with Crippen LogP contribution in [0.1, 0.15) is 5.01 Å². The lowest BCUT2D eigenvalue weighted by molar-refractivity contribution is 1.03. The Hall–Kier alpha value is -1.40. The van der Waals surface area contributed by atoms with Crippen LogP contribution < -0.4 is 0 Å². The minimum absolute atomic E-state index is 0.844. The summed E-state index contributed by atoms with van der Waals surface area (Å²) in [4.78, 5) is 12.9. The van der Waals surface area contributed by atoms with Gasteiger partial charge in [0, 0.05) is 36.4 Å². The van der Waals surface area contributed by atoms with E-state index in [1.54, 1.807) is 35.5 Å². The first-order valence-electron chi connectivity index (χ1n) is 4.72. The number of nitrogens with zero attached hydrogens (tertiary/aromatic N) is 4. The average Bonchev–Trinajstić information content (AvgIpc) is 2.97. The second-order valence-electron chi connectivity index (χ2n) is 3.11. The first-order valence-corrected chi connectivity index (χ1v) is 6.59. The molecule has 0 saturated carbocycles. The molecule has 0 radical (unpaired) electrons. The fraction of sp³-hybridized carbons (Fsp3) is 0.100. The molecule has 0 atom stereocenters. The van der Waals surface area contributed by atoms with Crippen LogP contribution in [0, 0.1) is 0 Å². The van der Waals surface area contributed by atoms with Crippen LogP contribution in [0.25, 0.3) is 5.65 Å². The Morgan fingerprint density at radius 2 is 2.00 bits per heavy atom. The minimum Gasteiger partial charge on any atom is -0.303 e. The number of thioether (sulfide) groups is 1. The second kappa shape index (κ2) is 4.23. The minimum atomic E-state index is 0.844. The predicted molar refractivity (Wildman–Crippen MR) is 64.7 cm³/mol. The van der Waals surface area contributed by atoms with Crippen LogP contribution in [-0.2, 0) is 5.75 Å². The van der Waals surface area contributed by atoms with Crippen LogP contribution in [0.15, 0.2) is 41.4 Å². The number of aromatic nitrogens is 4. The van der Waals surface area contributed by atoms with E-state index in [1.165, 1.54) is 0 Å². The van der Waals surface area contributed by atoms with Crippen LogP contribution in [0.3, 0.4) is 0 Å². The fourth-order valence-corrected chi connectivity index (χ4v) is 2.99. The Kier molecular flexibility index (Phi) is 2.59. The normalized spacial score (nSPS) is 11.0. The summed E-state index contributed by atoms with van der Waals surface area (Å²) in [5.41, 5.74) is 0.907. The van der Waals surface area contributed by atoms with Crippen molar-refractivity contribution in [3.63, 3.8) is 0 Å². The van der Waals surface area contributed by atoms with Crippen LogP contribution in [-0.4, -0.2) is 19.4 Å². The number of thiazole rings is 1. The zero-order valence-electron chi connectivity index (χ0n) is 8.28. The van der Waals surface area contributed by atoms with Gasteiger partial charge in [0.05, 0.1) is 5.75 Å². The largest absolute Gasteiger partial charge is 0.303 e. The average molecular weight is 248 g/mol. The van der Waals surface area contributed by atoms with E-state index in [1.807, 2.05) is 28.4 Å². The van der Waals surface area contributed by atoms with E-state index in [4.69, 9.17) is 0 Å². The molecule has 3 aromatic heterocycles. The molecule has 4 nitrogen and oxygen atoms in total. The Labute approximate surface area is 100 Å². The molecule has 0 aliphatic heterocycles. The summed E-state index contributed by atoms with van der Waals surface area (Å²) >= 11 is 3.33. The second-order valence-corrected chi connectivity index (χ2v) is 5.05. The number of hydrogen-bond donors (Lipinski definition) is 0. The van der Waals surface area contributed by atoms with Gasteiger partial charge in [0.2, 0.25) is 0 Å².